The molecule has 2 unspecified atom stereocenters. The van der Waals surface area contributed by atoms with Gasteiger partial charge in [-0.15, -0.1) is 0 Å². The smallest absolute Gasteiger partial charge is 0.124 e. The number of nitrogens with one attached hydrogen (secondary N) is 1. The molecule has 1 heterocycles. The minimum atomic E-state index is 0.104. The van der Waals surface area contributed by atoms with E-state index < -0.39 is 0 Å². The predicted octanol–water partition coefficient (Wildman–Crippen LogP) is 3.25. The SMILES string of the molecule is CC1CCN(c2cc(Cl)ccc2C(=N)N)C(C)C1. The highest BCUT2D eigenvalue weighted by Crippen LogP contribution is 2.31. The molecule has 2 atom stereocenters. The van der Waals surface area contributed by atoms with Crippen molar-refractivity contribution in [1.82, 2.24) is 0 Å². The monoisotopic (exact) mass is 265 g/mol. The first-order valence-electron chi connectivity index (χ1n) is 6.39. The maximum atomic E-state index is 7.68. The van der Waals surface area contributed by atoms with E-state index in [4.69, 9.17) is 22.7 Å². The number of hydrogen-bond acceptors (Lipinski definition) is 2. The van der Waals surface area contributed by atoms with E-state index in [1.807, 2.05) is 12.1 Å². The minimum Gasteiger partial charge on any atom is -0.384 e. The van der Waals surface area contributed by atoms with Crippen molar-refractivity contribution in [1.29, 1.82) is 5.41 Å². The molecular formula is C14H20ClN3. The largest absolute Gasteiger partial charge is 0.384 e. The number of rotatable bonds is 2. The van der Waals surface area contributed by atoms with Crippen molar-refractivity contribution in [3.63, 3.8) is 0 Å². The molecule has 18 heavy (non-hydrogen) atoms. The van der Waals surface area contributed by atoms with Gasteiger partial charge in [-0.25, -0.2) is 0 Å². The third kappa shape index (κ3) is 2.61. The van der Waals surface area contributed by atoms with Crippen molar-refractivity contribution in [2.75, 3.05) is 11.4 Å². The number of halogens is 1. The van der Waals surface area contributed by atoms with Crippen LogP contribution >= 0.6 is 11.6 Å². The first-order valence-corrected chi connectivity index (χ1v) is 6.77. The Morgan fingerprint density at radius 1 is 1.44 bits per heavy atom. The summed E-state index contributed by atoms with van der Waals surface area (Å²) in [6.45, 7) is 5.52. The summed E-state index contributed by atoms with van der Waals surface area (Å²) < 4.78 is 0. The zero-order valence-electron chi connectivity index (χ0n) is 10.9. The Balaban J connectivity index is 2.37. The van der Waals surface area contributed by atoms with Crippen LogP contribution in [0.2, 0.25) is 5.02 Å². The highest BCUT2D eigenvalue weighted by Gasteiger charge is 2.25. The van der Waals surface area contributed by atoms with E-state index in [0.717, 1.165) is 23.7 Å². The van der Waals surface area contributed by atoms with Crippen molar-refractivity contribution < 1.29 is 0 Å². The Morgan fingerprint density at radius 3 is 2.78 bits per heavy atom. The third-order valence-electron chi connectivity index (χ3n) is 3.70. The van der Waals surface area contributed by atoms with Crippen LogP contribution in [0.15, 0.2) is 18.2 Å². The van der Waals surface area contributed by atoms with Crippen LogP contribution in [0, 0.1) is 11.3 Å². The van der Waals surface area contributed by atoms with Crippen LogP contribution in [-0.2, 0) is 0 Å². The molecule has 1 aliphatic rings. The van der Waals surface area contributed by atoms with Crippen molar-refractivity contribution in [2.24, 2.45) is 11.7 Å². The zero-order valence-corrected chi connectivity index (χ0v) is 11.7. The lowest BCUT2D eigenvalue weighted by molar-refractivity contribution is 0.378. The summed E-state index contributed by atoms with van der Waals surface area (Å²) in [4.78, 5) is 2.32. The predicted molar refractivity (Wildman–Crippen MR) is 77.7 cm³/mol. The number of piperidine rings is 1. The topological polar surface area (TPSA) is 53.1 Å². The molecule has 0 spiro atoms. The fraction of sp³-hybridized carbons (Fsp3) is 0.500. The maximum Gasteiger partial charge on any atom is 0.124 e. The Bertz CT molecular complexity index is 458. The molecule has 1 aromatic carbocycles. The highest BCUT2D eigenvalue weighted by molar-refractivity contribution is 6.31. The number of nitrogens with zero attached hydrogens (tertiary/aromatic N) is 1. The van der Waals surface area contributed by atoms with Crippen LogP contribution in [0.1, 0.15) is 32.3 Å². The van der Waals surface area contributed by atoms with E-state index in [-0.39, 0.29) is 5.84 Å². The Kier molecular flexibility index (Phi) is 3.81. The lowest BCUT2D eigenvalue weighted by atomic mass is 9.92. The van der Waals surface area contributed by atoms with Crippen LogP contribution in [0.25, 0.3) is 0 Å². The van der Waals surface area contributed by atoms with Gasteiger partial charge >= 0.3 is 0 Å². The standard InChI is InChI=1S/C14H20ClN3/c1-9-5-6-18(10(2)7-9)13-8-11(15)3-4-12(13)14(16)17/h3-4,8-10H,5-7H2,1-2H3,(H3,16,17). The van der Waals surface area contributed by atoms with Gasteiger partial charge in [-0.05, 0) is 43.9 Å². The molecule has 2 rings (SSSR count). The van der Waals surface area contributed by atoms with Gasteiger partial charge in [0.15, 0.2) is 0 Å². The summed E-state index contributed by atoms with van der Waals surface area (Å²) in [6.07, 6.45) is 2.35. The normalized spacial score (nSPS) is 24.1. The zero-order chi connectivity index (χ0) is 13.3. The van der Waals surface area contributed by atoms with Gasteiger partial charge in [0.25, 0.3) is 0 Å². The molecule has 0 bridgehead atoms. The van der Waals surface area contributed by atoms with Crippen molar-refractivity contribution in [2.45, 2.75) is 32.7 Å². The second-order valence-corrected chi connectivity index (χ2v) is 5.68. The summed E-state index contributed by atoms with van der Waals surface area (Å²) in [5.41, 5.74) is 7.43. The Morgan fingerprint density at radius 2 is 2.17 bits per heavy atom. The molecule has 1 aliphatic heterocycles. The molecule has 98 valence electrons. The van der Waals surface area contributed by atoms with Crippen LogP contribution in [0.5, 0.6) is 0 Å². The number of anilines is 1. The molecule has 0 aromatic heterocycles. The molecule has 1 aromatic rings. The van der Waals surface area contributed by atoms with E-state index in [9.17, 15) is 0 Å². The summed E-state index contributed by atoms with van der Waals surface area (Å²) >= 11 is 6.08. The van der Waals surface area contributed by atoms with Gasteiger partial charge < -0.3 is 10.6 Å². The lowest BCUT2D eigenvalue weighted by Gasteiger charge is -2.39. The van der Waals surface area contributed by atoms with E-state index in [1.165, 1.54) is 12.8 Å². The van der Waals surface area contributed by atoms with Crippen molar-refractivity contribution in [3.8, 4) is 0 Å². The summed E-state index contributed by atoms with van der Waals surface area (Å²) in [5.74, 6) is 0.865. The number of amidine groups is 1. The fourth-order valence-corrected chi connectivity index (χ4v) is 2.90. The number of nitrogen functional groups attached to an aromatic ring is 1. The number of nitrogens with two attached hydrogens (primary N) is 1. The molecule has 4 heteroatoms. The van der Waals surface area contributed by atoms with Gasteiger partial charge in [0, 0.05) is 28.9 Å². The second kappa shape index (κ2) is 5.19. The molecular weight excluding hydrogens is 246 g/mol. The fourth-order valence-electron chi connectivity index (χ4n) is 2.74. The third-order valence-corrected chi connectivity index (χ3v) is 3.93. The molecule has 0 saturated carbocycles. The highest BCUT2D eigenvalue weighted by atomic mass is 35.5. The Labute approximate surface area is 113 Å². The minimum absolute atomic E-state index is 0.104. The average molecular weight is 266 g/mol. The van der Waals surface area contributed by atoms with Gasteiger partial charge in [-0.3, -0.25) is 5.41 Å². The molecule has 0 aliphatic carbocycles. The number of hydrogen-bond donors (Lipinski definition) is 2. The van der Waals surface area contributed by atoms with E-state index in [1.54, 1.807) is 6.07 Å². The van der Waals surface area contributed by atoms with Gasteiger partial charge in [0.2, 0.25) is 0 Å². The summed E-state index contributed by atoms with van der Waals surface area (Å²) in [6, 6.07) is 6.01. The van der Waals surface area contributed by atoms with Crippen molar-refractivity contribution >= 4 is 23.1 Å². The van der Waals surface area contributed by atoms with Crippen LogP contribution < -0.4 is 10.6 Å². The maximum absolute atomic E-state index is 7.68. The van der Waals surface area contributed by atoms with Crippen LogP contribution in [-0.4, -0.2) is 18.4 Å². The van der Waals surface area contributed by atoms with Gasteiger partial charge in [0.1, 0.15) is 5.84 Å². The van der Waals surface area contributed by atoms with E-state index in [2.05, 4.69) is 18.7 Å². The molecule has 3 N–H and O–H groups in total. The van der Waals surface area contributed by atoms with E-state index in [0.29, 0.717) is 11.1 Å². The molecule has 1 saturated heterocycles. The quantitative estimate of drug-likeness (QED) is 0.637. The van der Waals surface area contributed by atoms with Gasteiger partial charge in [0.05, 0.1) is 0 Å². The summed E-state index contributed by atoms with van der Waals surface area (Å²) in [7, 11) is 0. The molecule has 0 amide bonds. The van der Waals surface area contributed by atoms with Gasteiger partial charge in [-0.1, -0.05) is 18.5 Å². The van der Waals surface area contributed by atoms with Crippen LogP contribution in [0.4, 0.5) is 5.69 Å². The molecule has 0 radical (unpaired) electrons. The number of benzene rings is 1. The average Bonchev–Trinajstić information content (AvgIpc) is 2.28. The van der Waals surface area contributed by atoms with Crippen molar-refractivity contribution in [3.05, 3.63) is 28.8 Å². The van der Waals surface area contributed by atoms with E-state index >= 15 is 0 Å². The first-order chi connectivity index (χ1) is 8.49. The first kappa shape index (κ1) is 13.2. The lowest BCUT2D eigenvalue weighted by Crippen LogP contribution is -2.41. The molecule has 1 fully saturated rings. The Hall–Kier alpha value is -1.22. The van der Waals surface area contributed by atoms with Crippen LogP contribution in [0.3, 0.4) is 0 Å². The van der Waals surface area contributed by atoms with Gasteiger partial charge in [-0.2, -0.15) is 0 Å². The molecule has 3 nitrogen and oxygen atoms in total. The second-order valence-electron chi connectivity index (χ2n) is 5.25. The summed E-state index contributed by atoms with van der Waals surface area (Å²) in [5, 5.41) is 8.37.